The monoisotopic (exact) mass is 296 g/mol. The lowest BCUT2D eigenvalue weighted by Gasteiger charge is -2.10. The first kappa shape index (κ1) is 14.1. The molecule has 2 N–H and O–H groups in total. The van der Waals surface area contributed by atoms with E-state index in [0.717, 1.165) is 0 Å². The van der Waals surface area contributed by atoms with E-state index in [1.807, 2.05) is 0 Å². The molecular weight excluding hydrogens is 290 g/mol. The third-order valence-electron chi connectivity index (χ3n) is 2.09. The highest BCUT2D eigenvalue weighted by Crippen LogP contribution is 2.31. The van der Waals surface area contributed by atoms with Crippen LogP contribution >= 0.6 is 34.8 Å². The van der Waals surface area contributed by atoms with E-state index >= 15 is 0 Å². The highest BCUT2D eigenvalue weighted by molar-refractivity contribution is 6.43. The van der Waals surface area contributed by atoms with Crippen molar-refractivity contribution in [1.29, 1.82) is 0 Å². The Morgan fingerprint density at radius 2 is 1.65 bits per heavy atom. The number of benzene rings is 1. The minimum atomic E-state index is -1.58. The lowest BCUT2D eigenvalue weighted by molar-refractivity contribution is -0.154. The Hall–Kier alpha value is -0.970. The van der Waals surface area contributed by atoms with Gasteiger partial charge in [-0.25, -0.2) is 0 Å². The van der Waals surface area contributed by atoms with Crippen molar-refractivity contribution in [2.75, 3.05) is 0 Å². The van der Waals surface area contributed by atoms with Crippen LogP contribution in [-0.2, 0) is 16.0 Å². The molecule has 0 atom stereocenters. The summed E-state index contributed by atoms with van der Waals surface area (Å²) in [5.74, 6) is -4.46. The van der Waals surface area contributed by atoms with Gasteiger partial charge in [0.25, 0.3) is 0 Å². The Morgan fingerprint density at radius 3 is 2.12 bits per heavy atom. The van der Waals surface area contributed by atoms with Gasteiger partial charge in [-0.3, -0.25) is 9.59 Å². The van der Waals surface area contributed by atoms with Crippen LogP contribution in [0.25, 0.3) is 0 Å². The molecule has 0 heterocycles. The van der Waals surface area contributed by atoms with Gasteiger partial charge in [0.15, 0.2) is 5.92 Å². The predicted molar refractivity (Wildman–Crippen MR) is 63.9 cm³/mol. The molecule has 1 aromatic carbocycles. The van der Waals surface area contributed by atoms with Crippen molar-refractivity contribution in [1.82, 2.24) is 0 Å². The van der Waals surface area contributed by atoms with Crippen LogP contribution in [-0.4, -0.2) is 22.2 Å². The Kier molecular flexibility index (Phi) is 4.62. The molecule has 0 amide bonds. The zero-order valence-electron chi connectivity index (χ0n) is 8.28. The summed E-state index contributed by atoms with van der Waals surface area (Å²) >= 11 is 17.3. The van der Waals surface area contributed by atoms with Crippen molar-refractivity contribution in [2.45, 2.75) is 6.42 Å². The molecular formula is C10H7Cl3O4. The van der Waals surface area contributed by atoms with E-state index in [1.54, 1.807) is 0 Å². The summed E-state index contributed by atoms with van der Waals surface area (Å²) in [7, 11) is 0. The fourth-order valence-electron chi connectivity index (χ4n) is 1.26. The zero-order chi connectivity index (χ0) is 13.2. The molecule has 0 aromatic heterocycles. The van der Waals surface area contributed by atoms with Crippen LogP contribution < -0.4 is 0 Å². The number of halogens is 3. The van der Waals surface area contributed by atoms with Crippen LogP contribution in [0.3, 0.4) is 0 Å². The molecule has 0 bridgehead atoms. The first-order chi connectivity index (χ1) is 7.82. The van der Waals surface area contributed by atoms with Crippen LogP contribution in [0.15, 0.2) is 12.1 Å². The fourth-order valence-corrected chi connectivity index (χ4v) is 1.98. The average Bonchev–Trinajstić information content (AvgIpc) is 2.19. The second kappa shape index (κ2) is 5.58. The standard InChI is InChI=1S/C10H7Cl3O4/c11-5-1-4(8(13)7(12)3-5)2-6(9(14)15)10(16)17/h1,3,6H,2H2,(H,14,15)(H,16,17). The summed E-state index contributed by atoms with van der Waals surface area (Å²) in [6, 6.07) is 2.79. The van der Waals surface area contributed by atoms with E-state index in [0.29, 0.717) is 5.56 Å². The normalized spacial score (nSPS) is 10.6. The number of hydrogen-bond acceptors (Lipinski definition) is 2. The molecule has 1 aromatic rings. The quantitative estimate of drug-likeness (QED) is 0.662. The van der Waals surface area contributed by atoms with Crippen LogP contribution in [0.4, 0.5) is 0 Å². The second-order valence-electron chi connectivity index (χ2n) is 3.29. The van der Waals surface area contributed by atoms with Crippen LogP contribution in [0.1, 0.15) is 5.56 Å². The highest BCUT2D eigenvalue weighted by Gasteiger charge is 2.27. The zero-order valence-corrected chi connectivity index (χ0v) is 10.6. The third kappa shape index (κ3) is 3.49. The predicted octanol–water partition coefficient (Wildman–Crippen LogP) is 2.97. The molecule has 0 unspecified atom stereocenters. The minimum Gasteiger partial charge on any atom is -0.481 e. The van der Waals surface area contributed by atoms with E-state index in [2.05, 4.69) is 0 Å². The maximum absolute atomic E-state index is 10.7. The van der Waals surface area contributed by atoms with Crippen molar-refractivity contribution in [3.63, 3.8) is 0 Å². The van der Waals surface area contributed by atoms with Crippen LogP contribution in [0.2, 0.25) is 15.1 Å². The summed E-state index contributed by atoms with van der Waals surface area (Å²) in [6.07, 6.45) is -0.274. The molecule has 0 aliphatic heterocycles. The van der Waals surface area contributed by atoms with Gasteiger partial charge < -0.3 is 10.2 Å². The van der Waals surface area contributed by atoms with Crippen molar-refractivity contribution in [3.05, 3.63) is 32.8 Å². The van der Waals surface area contributed by atoms with E-state index in [-0.39, 0.29) is 21.5 Å². The van der Waals surface area contributed by atoms with E-state index in [9.17, 15) is 9.59 Å². The SMILES string of the molecule is O=C(O)C(Cc1cc(Cl)cc(Cl)c1Cl)C(=O)O. The van der Waals surface area contributed by atoms with Crippen LogP contribution in [0.5, 0.6) is 0 Å². The molecule has 0 fully saturated rings. The Balaban J connectivity index is 3.09. The maximum Gasteiger partial charge on any atom is 0.318 e. The van der Waals surface area contributed by atoms with Crippen molar-refractivity contribution in [2.24, 2.45) is 5.92 Å². The molecule has 0 aliphatic carbocycles. The number of carboxylic acid groups (broad SMARTS) is 2. The van der Waals surface area contributed by atoms with Crippen molar-refractivity contribution < 1.29 is 19.8 Å². The molecule has 0 spiro atoms. The number of aliphatic carboxylic acids is 2. The van der Waals surface area contributed by atoms with Gasteiger partial charge in [-0.15, -0.1) is 0 Å². The number of rotatable bonds is 4. The molecule has 0 aliphatic rings. The van der Waals surface area contributed by atoms with Gasteiger partial charge in [-0.1, -0.05) is 34.8 Å². The van der Waals surface area contributed by atoms with Gasteiger partial charge in [0.2, 0.25) is 0 Å². The molecule has 0 saturated carbocycles. The number of carbonyl (C=O) groups is 2. The van der Waals surface area contributed by atoms with E-state index in [4.69, 9.17) is 45.0 Å². The first-order valence-electron chi connectivity index (χ1n) is 4.42. The molecule has 1 rings (SSSR count). The topological polar surface area (TPSA) is 74.6 Å². The van der Waals surface area contributed by atoms with Gasteiger partial charge in [0, 0.05) is 5.02 Å². The lowest BCUT2D eigenvalue weighted by atomic mass is 9.99. The van der Waals surface area contributed by atoms with E-state index < -0.39 is 17.9 Å². The van der Waals surface area contributed by atoms with Gasteiger partial charge in [-0.2, -0.15) is 0 Å². The fraction of sp³-hybridized carbons (Fsp3) is 0.200. The summed E-state index contributed by atoms with van der Waals surface area (Å²) in [4.78, 5) is 21.5. The summed E-state index contributed by atoms with van der Waals surface area (Å²) in [5, 5.41) is 18.0. The summed E-state index contributed by atoms with van der Waals surface area (Å²) in [5.41, 5.74) is 0.291. The van der Waals surface area contributed by atoms with Crippen molar-refractivity contribution >= 4 is 46.7 Å². The minimum absolute atomic E-state index is 0.114. The molecule has 17 heavy (non-hydrogen) atoms. The Morgan fingerprint density at radius 1 is 1.12 bits per heavy atom. The molecule has 0 saturated heterocycles. The molecule has 92 valence electrons. The second-order valence-corrected chi connectivity index (χ2v) is 4.52. The average molecular weight is 298 g/mol. The molecule has 4 nitrogen and oxygen atoms in total. The van der Waals surface area contributed by atoms with Gasteiger partial charge in [0.1, 0.15) is 0 Å². The Bertz CT molecular complexity index is 459. The highest BCUT2D eigenvalue weighted by atomic mass is 35.5. The summed E-state index contributed by atoms with van der Waals surface area (Å²) < 4.78 is 0. The first-order valence-corrected chi connectivity index (χ1v) is 5.55. The van der Waals surface area contributed by atoms with Crippen LogP contribution in [0, 0.1) is 5.92 Å². The summed E-state index contributed by atoms with van der Waals surface area (Å²) in [6.45, 7) is 0. The number of hydrogen-bond donors (Lipinski definition) is 2. The number of carboxylic acids is 2. The van der Waals surface area contributed by atoms with Gasteiger partial charge >= 0.3 is 11.9 Å². The molecule has 0 radical (unpaired) electrons. The largest absolute Gasteiger partial charge is 0.481 e. The maximum atomic E-state index is 10.7. The van der Waals surface area contributed by atoms with E-state index in [1.165, 1.54) is 12.1 Å². The third-order valence-corrected chi connectivity index (χ3v) is 3.15. The molecule has 7 heteroatoms. The Labute approximate surface area is 112 Å². The smallest absolute Gasteiger partial charge is 0.318 e. The van der Waals surface area contributed by atoms with Crippen molar-refractivity contribution in [3.8, 4) is 0 Å². The van der Waals surface area contributed by atoms with Gasteiger partial charge in [0.05, 0.1) is 10.0 Å². The lowest BCUT2D eigenvalue weighted by Crippen LogP contribution is -2.25. The van der Waals surface area contributed by atoms with Gasteiger partial charge in [-0.05, 0) is 24.1 Å².